The number of halogens is 4. The van der Waals surface area contributed by atoms with Crippen LogP contribution < -0.4 is 4.74 Å². The summed E-state index contributed by atoms with van der Waals surface area (Å²) in [5.41, 5.74) is -0.896. The first-order valence-corrected chi connectivity index (χ1v) is 6.36. The van der Waals surface area contributed by atoms with Crippen LogP contribution in [0.25, 0.3) is 0 Å². The van der Waals surface area contributed by atoms with E-state index in [9.17, 15) is 18.0 Å². The molecule has 0 saturated carbocycles. The Bertz CT molecular complexity index is 444. The van der Waals surface area contributed by atoms with E-state index in [0.29, 0.717) is 6.42 Å². The molecule has 0 bridgehead atoms. The monoisotopic (exact) mass is 294 g/mol. The molecular formula is C13H14ClF3O2. The Morgan fingerprint density at radius 2 is 2.05 bits per heavy atom. The number of alkyl halides is 4. The lowest BCUT2D eigenvalue weighted by molar-refractivity contribution is -0.137. The fourth-order valence-corrected chi connectivity index (χ4v) is 1.70. The standard InChI is InChI=1S/C13H14ClF3O2/c1-2-19-12-6-5-9(13(15,16)17)8-10(12)11(18)4-3-7-14/h5-6,8H,2-4,7H2,1H3. The van der Waals surface area contributed by atoms with E-state index in [4.69, 9.17) is 16.3 Å². The van der Waals surface area contributed by atoms with Gasteiger partial charge in [-0.15, -0.1) is 11.6 Å². The van der Waals surface area contributed by atoms with Gasteiger partial charge in [-0.3, -0.25) is 4.79 Å². The molecule has 0 aliphatic rings. The highest BCUT2D eigenvalue weighted by Gasteiger charge is 2.31. The van der Waals surface area contributed by atoms with Crippen LogP contribution in [0.1, 0.15) is 35.7 Å². The molecule has 1 rings (SSSR count). The van der Waals surface area contributed by atoms with Crippen LogP contribution in [0.2, 0.25) is 0 Å². The van der Waals surface area contributed by atoms with Crippen molar-refractivity contribution < 1.29 is 22.7 Å². The molecule has 0 aromatic heterocycles. The van der Waals surface area contributed by atoms with Gasteiger partial charge in [-0.05, 0) is 31.5 Å². The number of carbonyl (C=O) groups excluding carboxylic acids is 1. The van der Waals surface area contributed by atoms with Crippen LogP contribution in [0, 0.1) is 0 Å². The Labute approximate surface area is 114 Å². The molecule has 0 amide bonds. The third kappa shape index (κ3) is 4.42. The van der Waals surface area contributed by atoms with Crippen LogP contribution in [0.5, 0.6) is 5.75 Å². The molecule has 106 valence electrons. The van der Waals surface area contributed by atoms with Crippen LogP contribution in [0.3, 0.4) is 0 Å². The SMILES string of the molecule is CCOc1ccc(C(F)(F)F)cc1C(=O)CCCCl. The fraction of sp³-hybridized carbons (Fsp3) is 0.462. The summed E-state index contributed by atoms with van der Waals surface area (Å²) in [6, 6.07) is 2.92. The third-order valence-electron chi connectivity index (χ3n) is 2.44. The predicted molar refractivity (Wildman–Crippen MR) is 66.9 cm³/mol. The zero-order valence-corrected chi connectivity index (χ0v) is 11.1. The summed E-state index contributed by atoms with van der Waals surface area (Å²) >= 11 is 5.47. The molecule has 0 saturated heterocycles. The average Bonchev–Trinajstić information content (AvgIpc) is 2.35. The quantitative estimate of drug-likeness (QED) is 0.577. The first-order valence-electron chi connectivity index (χ1n) is 5.83. The van der Waals surface area contributed by atoms with Gasteiger partial charge in [-0.2, -0.15) is 13.2 Å². The zero-order valence-electron chi connectivity index (χ0n) is 10.4. The first-order chi connectivity index (χ1) is 8.90. The Hall–Kier alpha value is -1.23. The van der Waals surface area contributed by atoms with Gasteiger partial charge in [-0.1, -0.05) is 0 Å². The van der Waals surface area contributed by atoms with Crippen molar-refractivity contribution in [1.29, 1.82) is 0 Å². The first kappa shape index (κ1) is 15.8. The summed E-state index contributed by atoms with van der Waals surface area (Å²) in [5, 5.41) is 0. The van der Waals surface area contributed by atoms with Crippen LogP contribution >= 0.6 is 11.6 Å². The molecule has 0 N–H and O–H groups in total. The molecule has 0 heterocycles. The largest absolute Gasteiger partial charge is 0.493 e. The van der Waals surface area contributed by atoms with Gasteiger partial charge in [0.15, 0.2) is 5.78 Å². The lowest BCUT2D eigenvalue weighted by Gasteiger charge is -2.13. The minimum atomic E-state index is -4.48. The van der Waals surface area contributed by atoms with Crippen LogP contribution in [0.4, 0.5) is 13.2 Å². The predicted octanol–water partition coefficient (Wildman–Crippen LogP) is 4.31. The molecule has 0 radical (unpaired) electrons. The summed E-state index contributed by atoms with van der Waals surface area (Å²) < 4.78 is 43.1. The summed E-state index contributed by atoms with van der Waals surface area (Å²) in [5.74, 6) is 0.0690. The molecule has 0 unspecified atom stereocenters. The minimum Gasteiger partial charge on any atom is -0.493 e. The summed E-state index contributed by atoms with van der Waals surface area (Å²) in [4.78, 5) is 11.9. The van der Waals surface area contributed by atoms with E-state index in [2.05, 4.69) is 0 Å². The van der Waals surface area contributed by atoms with Crippen molar-refractivity contribution in [1.82, 2.24) is 0 Å². The number of Topliss-reactive ketones (excluding diaryl/α,β-unsaturated/α-hetero) is 1. The Balaban J connectivity index is 3.11. The molecule has 0 aliphatic carbocycles. The molecule has 2 nitrogen and oxygen atoms in total. The maximum Gasteiger partial charge on any atom is 0.416 e. The zero-order chi connectivity index (χ0) is 14.5. The van der Waals surface area contributed by atoms with Gasteiger partial charge in [0.05, 0.1) is 17.7 Å². The van der Waals surface area contributed by atoms with Crippen LogP contribution in [-0.4, -0.2) is 18.3 Å². The van der Waals surface area contributed by atoms with Gasteiger partial charge >= 0.3 is 6.18 Å². The second kappa shape index (κ2) is 6.80. The Morgan fingerprint density at radius 1 is 1.37 bits per heavy atom. The van der Waals surface area contributed by atoms with Crippen molar-refractivity contribution in [2.24, 2.45) is 0 Å². The van der Waals surface area contributed by atoms with Gasteiger partial charge < -0.3 is 4.74 Å². The van der Waals surface area contributed by atoms with Crippen molar-refractivity contribution in [3.8, 4) is 5.75 Å². The number of ketones is 1. The highest BCUT2D eigenvalue weighted by Crippen LogP contribution is 2.33. The summed E-state index contributed by atoms with van der Waals surface area (Å²) in [7, 11) is 0. The maximum atomic E-state index is 12.6. The van der Waals surface area contributed by atoms with Gasteiger partial charge in [0.25, 0.3) is 0 Å². The number of rotatable bonds is 6. The second-order valence-electron chi connectivity index (χ2n) is 3.86. The molecule has 0 aliphatic heterocycles. The van der Waals surface area contributed by atoms with E-state index in [1.807, 2.05) is 0 Å². The van der Waals surface area contributed by atoms with E-state index < -0.39 is 17.5 Å². The second-order valence-corrected chi connectivity index (χ2v) is 4.24. The van der Waals surface area contributed by atoms with Gasteiger partial charge in [0, 0.05) is 12.3 Å². The van der Waals surface area contributed by atoms with E-state index >= 15 is 0 Å². The van der Waals surface area contributed by atoms with Crippen LogP contribution in [-0.2, 0) is 6.18 Å². The molecular weight excluding hydrogens is 281 g/mol. The van der Waals surface area contributed by atoms with E-state index in [1.54, 1.807) is 6.92 Å². The van der Waals surface area contributed by atoms with Crippen molar-refractivity contribution in [3.63, 3.8) is 0 Å². The number of benzene rings is 1. The minimum absolute atomic E-state index is 0.0400. The smallest absolute Gasteiger partial charge is 0.416 e. The molecule has 0 fully saturated rings. The van der Waals surface area contributed by atoms with Crippen molar-refractivity contribution in [2.45, 2.75) is 25.9 Å². The highest BCUT2D eigenvalue weighted by molar-refractivity contribution is 6.18. The normalized spacial score (nSPS) is 11.4. The molecule has 1 aromatic carbocycles. The topological polar surface area (TPSA) is 26.3 Å². The lowest BCUT2D eigenvalue weighted by Crippen LogP contribution is -2.10. The van der Waals surface area contributed by atoms with Gasteiger partial charge in [-0.25, -0.2) is 0 Å². The van der Waals surface area contributed by atoms with Crippen molar-refractivity contribution in [2.75, 3.05) is 12.5 Å². The number of carbonyl (C=O) groups is 1. The highest BCUT2D eigenvalue weighted by atomic mass is 35.5. The number of hydrogen-bond acceptors (Lipinski definition) is 2. The molecule has 1 aromatic rings. The van der Waals surface area contributed by atoms with E-state index in [1.165, 1.54) is 6.07 Å². The maximum absolute atomic E-state index is 12.6. The number of hydrogen-bond donors (Lipinski definition) is 0. The number of ether oxygens (including phenoxy) is 1. The molecule has 0 spiro atoms. The Morgan fingerprint density at radius 3 is 2.58 bits per heavy atom. The molecule has 6 heteroatoms. The van der Waals surface area contributed by atoms with Gasteiger partial charge in [0.1, 0.15) is 5.75 Å². The fourth-order valence-electron chi connectivity index (χ4n) is 1.57. The lowest BCUT2D eigenvalue weighted by atomic mass is 10.0. The van der Waals surface area contributed by atoms with E-state index in [0.717, 1.165) is 12.1 Å². The summed E-state index contributed by atoms with van der Waals surface area (Å²) in [6.07, 6.45) is -3.96. The average molecular weight is 295 g/mol. The van der Waals surface area contributed by atoms with E-state index in [-0.39, 0.29) is 30.2 Å². The Kier molecular flexibility index (Phi) is 5.66. The van der Waals surface area contributed by atoms with Gasteiger partial charge in [0.2, 0.25) is 0 Å². The van der Waals surface area contributed by atoms with Crippen LogP contribution in [0.15, 0.2) is 18.2 Å². The third-order valence-corrected chi connectivity index (χ3v) is 2.71. The molecule has 19 heavy (non-hydrogen) atoms. The summed E-state index contributed by atoms with van der Waals surface area (Å²) in [6.45, 7) is 1.98. The van der Waals surface area contributed by atoms with Crippen molar-refractivity contribution in [3.05, 3.63) is 29.3 Å². The molecule has 0 atom stereocenters. The van der Waals surface area contributed by atoms with Crippen molar-refractivity contribution >= 4 is 17.4 Å².